The topological polar surface area (TPSA) is 69.9 Å². The molecule has 0 saturated heterocycles. The van der Waals surface area contributed by atoms with E-state index in [1.807, 2.05) is 45.0 Å². The third kappa shape index (κ3) is 2.55. The molecule has 0 aliphatic carbocycles. The van der Waals surface area contributed by atoms with Crippen molar-refractivity contribution >= 4 is 23.4 Å². The number of H-pyrrole nitrogens is 1. The molecule has 6 nitrogen and oxygen atoms in total. The van der Waals surface area contributed by atoms with Crippen LogP contribution in [-0.2, 0) is 4.79 Å². The van der Waals surface area contributed by atoms with Crippen molar-refractivity contribution in [2.45, 2.75) is 38.5 Å². The molecule has 0 saturated carbocycles. The number of para-hydroxylation sites is 1. The van der Waals surface area contributed by atoms with Crippen molar-refractivity contribution < 1.29 is 9.48 Å². The highest BCUT2D eigenvalue weighted by Gasteiger charge is 2.41. The van der Waals surface area contributed by atoms with Crippen LogP contribution < -0.4 is 15.1 Å². The van der Waals surface area contributed by atoms with Crippen LogP contribution in [0.5, 0.6) is 0 Å². The largest absolute Gasteiger partial charge is 0.325 e. The predicted molar refractivity (Wildman–Crippen MR) is 89.4 cm³/mol. The summed E-state index contributed by atoms with van der Waals surface area (Å²) in [5, 5.41) is 5.11. The van der Waals surface area contributed by atoms with E-state index in [-0.39, 0.29) is 17.6 Å². The van der Waals surface area contributed by atoms with Gasteiger partial charge < -0.3 is 0 Å². The fourth-order valence-corrected chi connectivity index (χ4v) is 3.44. The Kier molecular flexibility index (Phi) is 4.21. The molecule has 1 aromatic heterocycles. The Labute approximate surface area is 138 Å². The average Bonchev–Trinajstić information content (AvgIpc) is 2.55. The van der Waals surface area contributed by atoms with E-state index in [1.165, 1.54) is 11.8 Å². The zero-order chi connectivity index (χ0) is 16.6. The van der Waals surface area contributed by atoms with Gasteiger partial charge in [0.25, 0.3) is 6.17 Å². The maximum Gasteiger partial charge on any atom is 0.325 e. The zero-order valence-corrected chi connectivity index (χ0v) is 14.2. The monoisotopic (exact) mass is 331 g/mol. The second-order valence-corrected chi connectivity index (χ2v) is 6.50. The maximum atomic E-state index is 12.6. The van der Waals surface area contributed by atoms with E-state index in [1.54, 1.807) is 9.58 Å². The van der Waals surface area contributed by atoms with Crippen LogP contribution in [0.4, 0.5) is 5.69 Å². The van der Waals surface area contributed by atoms with Crippen LogP contribution in [0.25, 0.3) is 11.3 Å². The number of carbonyl (C=O) groups is 1. The van der Waals surface area contributed by atoms with Gasteiger partial charge in [0.15, 0.2) is 0 Å². The molecule has 1 amide bonds. The first-order valence-corrected chi connectivity index (χ1v) is 8.67. The first-order chi connectivity index (χ1) is 11.1. The molecule has 0 spiro atoms. The number of hydrogen-bond donors (Lipinski definition) is 1. The summed E-state index contributed by atoms with van der Waals surface area (Å²) in [6.45, 7) is 5.72. The molecular weight excluding hydrogens is 312 g/mol. The average molecular weight is 331 g/mol. The number of amides is 1. The molecule has 2 heterocycles. The fourth-order valence-electron chi connectivity index (χ4n) is 2.86. The van der Waals surface area contributed by atoms with Crippen molar-refractivity contribution in [2.75, 3.05) is 10.7 Å². The van der Waals surface area contributed by atoms with Crippen molar-refractivity contribution in [3.8, 4) is 11.3 Å². The smallest absolute Gasteiger partial charge is 0.291 e. The first-order valence-electron chi connectivity index (χ1n) is 7.68. The lowest BCUT2D eigenvalue weighted by Gasteiger charge is -2.29. The molecule has 0 bridgehead atoms. The fraction of sp³-hybridized carbons (Fsp3) is 0.375. The van der Waals surface area contributed by atoms with Crippen LogP contribution in [0.3, 0.4) is 0 Å². The van der Waals surface area contributed by atoms with E-state index >= 15 is 0 Å². The van der Waals surface area contributed by atoms with Gasteiger partial charge in [-0.2, -0.15) is 0 Å². The van der Waals surface area contributed by atoms with Crippen molar-refractivity contribution in [1.29, 1.82) is 0 Å². The van der Waals surface area contributed by atoms with Crippen LogP contribution in [0.2, 0.25) is 0 Å². The Bertz CT molecular complexity index is 818. The summed E-state index contributed by atoms with van der Waals surface area (Å²) in [5.41, 5.74) is 1.80. The van der Waals surface area contributed by atoms with Gasteiger partial charge in [0.05, 0.1) is 11.3 Å². The molecular formula is C16H19N4O2S+. The first kappa shape index (κ1) is 15.7. The Hall–Kier alpha value is -2.15. The Balaban J connectivity index is 2.28. The number of carbonyl (C=O) groups excluding carboxylic acids is 1. The van der Waals surface area contributed by atoms with E-state index < -0.39 is 0 Å². The number of hydrogen-bond acceptors (Lipinski definition) is 4. The number of anilines is 1. The van der Waals surface area contributed by atoms with Gasteiger partial charge in [0.1, 0.15) is 0 Å². The normalized spacial score (nSPS) is 16.0. The molecule has 7 heteroatoms. The molecule has 23 heavy (non-hydrogen) atoms. The minimum atomic E-state index is -0.342. The molecule has 120 valence electrons. The Morgan fingerprint density at radius 2 is 2.13 bits per heavy atom. The minimum absolute atomic E-state index is 0.00914. The van der Waals surface area contributed by atoms with Gasteiger partial charge in [-0.3, -0.25) is 19.5 Å². The molecule has 0 fully saturated rings. The van der Waals surface area contributed by atoms with Crippen LogP contribution in [-0.4, -0.2) is 21.7 Å². The summed E-state index contributed by atoms with van der Waals surface area (Å²) in [6, 6.07) is 7.46. The van der Waals surface area contributed by atoms with Crippen LogP contribution in [0, 0.1) is 0 Å². The van der Waals surface area contributed by atoms with Gasteiger partial charge in [0, 0.05) is 18.4 Å². The Morgan fingerprint density at radius 1 is 1.39 bits per heavy atom. The molecule has 1 aliphatic rings. The van der Waals surface area contributed by atoms with Crippen LogP contribution in [0.15, 0.2) is 34.2 Å². The predicted octanol–water partition coefficient (Wildman–Crippen LogP) is 2.11. The summed E-state index contributed by atoms with van der Waals surface area (Å²) in [4.78, 5) is 29.6. The van der Waals surface area contributed by atoms with Gasteiger partial charge in [-0.15, -0.1) is 0 Å². The molecule has 2 aromatic rings. The number of benzene rings is 1. The van der Waals surface area contributed by atoms with Crippen molar-refractivity contribution in [3.63, 3.8) is 0 Å². The number of nitrogens with zero attached hydrogens (tertiary/aromatic N) is 3. The summed E-state index contributed by atoms with van der Waals surface area (Å²) < 4.78 is 1.66. The minimum Gasteiger partial charge on any atom is -0.291 e. The molecule has 3 rings (SSSR count). The maximum absolute atomic E-state index is 12.6. The number of fused-ring (bicyclic) bond motifs is 3. The lowest BCUT2D eigenvalue weighted by atomic mass is 10.0. The van der Waals surface area contributed by atoms with Gasteiger partial charge in [0.2, 0.25) is 11.1 Å². The van der Waals surface area contributed by atoms with Gasteiger partial charge in [-0.1, -0.05) is 42.4 Å². The summed E-state index contributed by atoms with van der Waals surface area (Å²) in [5.74, 6) is 0.820. The second kappa shape index (κ2) is 6.16. The van der Waals surface area contributed by atoms with Crippen molar-refractivity contribution in [3.05, 3.63) is 34.6 Å². The molecule has 1 aliphatic heterocycles. The highest BCUT2D eigenvalue weighted by Crippen LogP contribution is 2.34. The molecule has 1 N–H and O–H groups in total. The molecule has 1 atom stereocenters. The third-order valence-corrected chi connectivity index (χ3v) is 4.61. The van der Waals surface area contributed by atoms with Gasteiger partial charge in [-0.25, -0.2) is 0 Å². The number of thioether (sulfide) groups is 1. The van der Waals surface area contributed by atoms with E-state index in [0.29, 0.717) is 17.3 Å². The Morgan fingerprint density at radius 3 is 2.83 bits per heavy atom. The van der Waals surface area contributed by atoms with E-state index in [2.05, 4.69) is 10.1 Å². The summed E-state index contributed by atoms with van der Waals surface area (Å²) in [7, 11) is 0. The number of aromatic amines is 1. The third-order valence-electron chi connectivity index (χ3n) is 3.86. The lowest BCUT2D eigenvalue weighted by Crippen LogP contribution is -2.59. The van der Waals surface area contributed by atoms with Gasteiger partial charge in [-0.05, 0) is 17.9 Å². The molecule has 0 radical (unpaired) electrons. The number of nitrogens with one attached hydrogen (secondary N) is 1. The number of aromatic nitrogens is 3. The molecule has 1 unspecified atom stereocenters. The molecule has 1 aromatic carbocycles. The van der Waals surface area contributed by atoms with Gasteiger partial charge >= 0.3 is 11.3 Å². The van der Waals surface area contributed by atoms with Crippen molar-refractivity contribution in [1.82, 2.24) is 10.1 Å². The number of rotatable bonds is 3. The van der Waals surface area contributed by atoms with E-state index in [4.69, 9.17) is 0 Å². The van der Waals surface area contributed by atoms with Crippen LogP contribution in [0.1, 0.15) is 33.4 Å². The standard InChI is InChI=1S/C16H18N4O2S/c1-4-13(21)19-10(3)20-14(11-8-6-7-9-12(11)19)15(22)17-16(18-20)23-5-2/h6-10H,4-5H2,1-3H3/p+1. The summed E-state index contributed by atoms with van der Waals surface area (Å²) in [6.07, 6.45) is 0.0553. The van der Waals surface area contributed by atoms with Crippen LogP contribution >= 0.6 is 11.8 Å². The zero-order valence-electron chi connectivity index (χ0n) is 13.4. The quantitative estimate of drug-likeness (QED) is 0.691. The highest BCUT2D eigenvalue weighted by atomic mass is 32.2. The second-order valence-electron chi connectivity index (χ2n) is 5.25. The summed E-state index contributed by atoms with van der Waals surface area (Å²) >= 11 is 1.47. The lowest BCUT2D eigenvalue weighted by molar-refractivity contribution is -0.768. The van der Waals surface area contributed by atoms with E-state index in [9.17, 15) is 9.59 Å². The van der Waals surface area contributed by atoms with E-state index in [0.717, 1.165) is 17.0 Å². The van der Waals surface area contributed by atoms with Crippen molar-refractivity contribution in [2.24, 2.45) is 0 Å². The highest BCUT2D eigenvalue weighted by molar-refractivity contribution is 7.99. The SMILES string of the molecule is CCSc1n[n+]2c(c(=O)[nH]1)-c1ccccc1N(C(=O)CC)C2C.